The van der Waals surface area contributed by atoms with Crippen LogP contribution in [0.1, 0.15) is 89.0 Å². The Labute approximate surface area is 165 Å². The Balaban J connectivity index is 2.06. The molecule has 27 heavy (non-hydrogen) atoms. The first kappa shape index (κ1) is 19.7. The zero-order valence-electron chi connectivity index (χ0n) is 17.6. The van der Waals surface area contributed by atoms with Crippen LogP contribution in [-0.4, -0.2) is 5.11 Å². The minimum Gasteiger partial charge on any atom is -0.508 e. The topological polar surface area (TPSA) is 20.2 Å². The number of hydrogen-bond donors (Lipinski definition) is 1. The van der Waals surface area contributed by atoms with Crippen LogP contribution < -0.4 is 0 Å². The lowest BCUT2D eigenvalue weighted by molar-refractivity contribution is 0.332. The van der Waals surface area contributed by atoms with E-state index in [2.05, 4.69) is 58.9 Å². The van der Waals surface area contributed by atoms with Crippen molar-refractivity contribution in [2.24, 2.45) is 0 Å². The van der Waals surface area contributed by atoms with Gasteiger partial charge in [0.1, 0.15) is 5.75 Å². The Morgan fingerprint density at radius 1 is 0.926 bits per heavy atom. The van der Waals surface area contributed by atoms with Crippen molar-refractivity contribution in [3.05, 3.63) is 64.7 Å². The van der Waals surface area contributed by atoms with Crippen LogP contribution in [0.4, 0.5) is 0 Å². The summed E-state index contributed by atoms with van der Waals surface area (Å²) in [5.41, 5.74) is 7.41. The molecule has 1 aliphatic carbocycles. The normalized spacial score (nSPS) is 18.2. The van der Waals surface area contributed by atoms with Crippen LogP contribution in [-0.2, 0) is 10.8 Å². The molecule has 0 atom stereocenters. The maximum atomic E-state index is 9.57. The number of phenolic OH excluding ortho intramolecular Hbond substituents is 1. The van der Waals surface area contributed by atoms with E-state index in [0.29, 0.717) is 5.75 Å². The Morgan fingerprint density at radius 2 is 1.56 bits per heavy atom. The number of fused-ring (bicyclic) bond motifs is 1. The van der Waals surface area contributed by atoms with Crippen LogP contribution in [0, 0.1) is 0 Å². The number of rotatable bonds is 5. The quantitative estimate of drug-likeness (QED) is 0.547. The Kier molecular flexibility index (Phi) is 5.51. The fraction of sp³-hybridized carbons (Fsp3) is 0.462. The van der Waals surface area contributed by atoms with Gasteiger partial charge in [0.25, 0.3) is 0 Å². The van der Waals surface area contributed by atoms with Crippen molar-refractivity contribution in [3.63, 3.8) is 0 Å². The standard InChI is InChI=1S/C26H34O/c1-6-7-8-20(17-19-9-12-22(27)13-10-19)21-11-14-23-24(18-21)26(4,5)16-15-25(23,2)3/h9-14,17-18,27H,6-8,15-16H2,1-5H3. The number of allylic oxidation sites excluding steroid dienone is 1. The molecule has 0 saturated heterocycles. The van der Waals surface area contributed by atoms with E-state index in [-0.39, 0.29) is 10.8 Å². The summed E-state index contributed by atoms with van der Waals surface area (Å²) in [6.07, 6.45) is 8.24. The van der Waals surface area contributed by atoms with Crippen molar-refractivity contribution >= 4 is 11.6 Å². The third-order valence-electron chi connectivity index (χ3n) is 6.26. The van der Waals surface area contributed by atoms with Crippen LogP contribution in [0.25, 0.3) is 11.6 Å². The molecule has 0 radical (unpaired) electrons. The van der Waals surface area contributed by atoms with Gasteiger partial charge in [-0.15, -0.1) is 0 Å². The van der Waals surface area contributed by atoms with Gasteiger partial charge in [-0.3, -0.25) is 0 Å². The van der Waals surface area contributed by atoms with Gasteiger partial charge in [-0.05, 0) is 76.5 Å². The Morgan fingerprint density at radius 3 is 2.19 bits per heavy atom. The molecule has 0 fully saturated rings. The molecule has 1 heteroatoms. The van der Waals surface area contributed by atoms with Crippen LogP contribution in [0.5, 0.6) is 5.75 Å². The zero-order chi connectivity index (χ0) is 19.7. The molecule has 2 aromatic carbocycles. The fourth-order valence-electron chi connectivity index (χ4n) is 4.23. The van der Waals surface area contributed by atoms with E-state index in [1.54, 1.807) is 12.1 Å². The van der Waals surface area contributed by atoms with Crippen molar-refractivity contribution < 1.29 is 5.11 Å². The number of benzene rings is 2. The fourth-order valence-corrected chi connectivity index (χ4v) is 4.23. The molecule has 0 aliphatic heterocycles. The summed E-state index contributed by atoms with van der Waals surface area (Å²) in [6.45, 7) is 11.8. The highest BCUT2D eigenvalue weighted by molar-refractivity contribution is 5.82. The molecule has 144 valence electrons. The maximum absolute atomic E-state index is 9.57. The molecule has 0 bridgehead atoms. The monoisotopic (exact) mass is 362 g/mol. The summed E-state index contributed by atoms with van der Waals surface area (Å²) in [6, 6.07) is 14.7. The van der Waals surface area contributed by atoms with E-state index in [4.69, 9.17) is 0 Å². The molecule has 0 saturated carbocycles. The predicted molar refractivity (Wildman–Crippen MR) is 117 cm³/mol. The van der Waals surface area contributed by atoms with Crippen LogP contribution >= 0.6 is 0 Å². The van der Waals surface area contributed by atoms with Crippen molar-refractivity contribution in [1.29, 1.82) is 0 Å². The van der Waals surface area contributed by atoms with Crippen molar-refractivity contribution in [2.75, 3.05) is 0 Å². The minimum absolute atomic E-state index is 0.231. The molecule has 0 amide bonds. The second-order valence-corrected chi connectivity index (χ2v) is 9.39. The molecule has 3 rings (SSSR count). The zero-order valence-corrected chi connectivity index (χ0v) is 17.6. The Hall–Kier alpha value is -2.02. The third-order valence-corrected chi connectivity index (χ3v) is 6.26. The van der Waals surface area contributed by atoms with E-state index in [0.717, 1.165) is 12.0 Å². The van der Waals surface area contributed by atoms with Crippen LogP contribution in [0.3, 0.4) is 0 Å². The van der Waals surface area contributed by atoms with E-state index in [1.807, 2.05) is 12.1 Å². The molecule has 1 aliphatic rings. The third kappa shape index (κ3) is 4.29. The highest BCUT2D eigenvalue weighted by atomic mass is 16.3. The lowest BCUT2D eigenvalue weighted by Crippen LogP contribution is -2.33. The van der Waals surface area contributed by atoms with Gasteiger partial charge < -0.3 is 5.11 Å². The van der Waals surface area contributed by atoms with Gasteiger partial charge in [0.2, 0.25) is 0 Å². The molecule has 2 aromatic rings. The van der Waals surface area contributed by atoms with E-state index in [9.17, 15) is 5.11 Å². The first-order valence-electron chi connectivity index (χ1n) is 10.4. The molecule has 0 spiro atoms. The average Bonchev–Trinajstić information content (AvgIpc) is 2.64. The largest absolute Gasteiger partial charge is 0.508 e. The predicted octanol–water partition coefficient (Wildman–Crippen LogP) is 7.47. The average molecular weight is 363 g/mol. The van der Waals surface area contributed by atoms with Crippen LogP contribution in [0.15, 0.2) is 42.5 Å². The molecular weight excluding hydrogens is 328 g/mol. The molecule has 1 N–H and O–H groups in total. The molecular formula is C26H34O. The summed E-state index contributed by atoms with van der Waals surface area (Å²) in [5, 5.41) is 9.57. The van der Waals surface area contributed by atoms with Gasteiger partial charge in [-0.25, -0.2) is 0 Å². The number of aromatic hydroxyl groups is 1. The molecule has 0 heterocycles. The van der Waals surface area contributed by atoms with Gasteiger partial charge in [-0.2, -0.15) is 0 Å². The van der Waals surface area contributed by atoms with E-state index < -0.39 is 0 Å². The Bertz CT molecular complexity index is 822. The van der Waals surface area contributed by atoms with E-state index in [1.165, 1.54) is 47.9 Å². The molecule has 0 unspecified atom stereocenters. The van der Waals surface area contributed by atoms with Gasteiger partial charge in [0.05, 0.1) is 0 Å². The highest BCUT2D eigenvalue weighted by Crippen LogP contribution is 2.46. The van der Waals surface area contributed by atoms with Crippen LogP contribution in [0.2, 0.25) is 0 Å². The van der Waals surface area contributed by atoms with Crippen molar-refractivity contribution in [1.82, 2.24) is 0 Å². The molecule has 1 nitrogen and oxygen atoms in total. The summed E-state index contributed by atoms with van der Waals surface area (Å²) >= 11 is 0. The summed E-state index contributed by atoms with van der Waals surface area (Å²) < 4.78 is 0. The summed E-state index contributed by atoms with van der Waals surface area (Å²) in [7, 11) is 0. The lowest BCUT2D eigenvalue weighted by Gasteiger charge is -2.42. The summed E-state index contributed by atoms with van der Waals surface area (Å²) in [5.74, 6) is 0.319. The number of phenols is 1. The minimum atomic E-state index is 0.231. The summed E-state index contributed by atoms with van der Waals surface area (Å²) in [4.78, 5) is 0. The molecule has 0 aromatic heterocycles. The highest BCUT2D eigenvalue weighted by Gasteiger charge is 2.37. The van der Waals surface area contributed by atoms with Gasteiger partial charge in [0.15, 0.2) is 0 Å². The van der Waals surface area contributed by atoms with Gasteiger partial charge in [0, 0.05) is 0 Å². The van der Waals surface area contributed by atoms with Gasteiger partial charge in [-0.1, -0.05) is 77.4 Å². The smallest absolute Gasteiger partial charge is 0.115 e. The van der Waals surface area contributed by atoms with Crippen molar-refractivity contribution in [2.45, 2.75) is 77.6 Å². The maximum Gasteiger partial charge on any atom is 0.115 e. The first-order chi connectivity index (χ1) is 12.7. The van der Waals surface area contributed by atoms with E-state index >= 15 is 0 Å². The van der Waals surface area contributed by atoms with Gasteiger partial charge >= 0.3 is 0 Å². The SMILES string of the molecule is CCCCC(=Cc1ccc(O)cc1)c1ccc2c(c1)C(C)(C)CCC2(C)C. The van der Waals surface area contributed by atoms with Crippen molar-refractivity contribution in [3.8, 4) is 5.75 Å². The second-order valence-electron chi connectivity index (χ2n) is 9.39. The second kappa shape index (κ2) is 7.54. The number of hydrogen-bond acceptors (Lipinski definition) is 1. The number of unbranched alkanes of at least 4 members (excludes halogenated alkanes) is 1. The first-order valence-corrected chi connectivity index (χ1v) is 10.4. The lowest BCUT2D eigenvalue weighted by atomic mass is 9.63.